The molecule has 2 amide bonds. The van der Waals surface area contributed by atoms with E-state index >= 15 is 0 Å². The number of nitrogens with one attached hydrogen (secondary N) is 1. The van der Waals surface area contributed by atoms with Crippen molar-refractivity contribution in [3.63, 3.8) is 0 Å². The third-order valence-corrected chi connectivity index (χ3v) is 8.99. The largest absolute Gasteiger partial charge is 0.443 e. The summed E-state index contributed by atoms with van der Waals surface area (Å²) in [5, 5.41) is 3.25. The second-order valence-electron chi connectivity index (χ2n) is 12.2. The monoisotopic (exact) mass is 572 g/mol. The zero-order valence-corrected chi connectivity index (χ0v) is 24.7. The molecule has 0 bridgehead atoms. The van der Waals surface area contributed by atoms with Gasteiger partial charge in [-0.3, -0.25) is 9.79 Å². The number of anilines is 2. The molecule has 3 heterocycles. The normalized spacial score (nSPS) is 21.0. The maximum atomic E-state index is 13.9. The Kier molecular flexibility index (Phi) is 5.94. The van der Waals surface area contributed by atoms with Gasteiger partial charge in [0.2, 0.25) is 5.91 Å². The summed E-state index contributed by atoms with van der Waals surface area (Å²) in [7, 11) is -3.35. The van der Waals surface area contributed by atoms with Gasteiger partial charge in [-0.15, -0.1) is 0 Å². The number of carbonyl (C=O) groups is 2. The number of pyridine rings is 1. The lowest BCUT2D eigenvalue weighted by molar-refractivity contribution is -0.120. The highest BCUT2D eigenvalue weighted by Gasteiger charge is 2.68. The number of ether oxygens (including phenoxy) is 1. The first-order valence-corrected chi connectivity index (χ1v) is 15.4. The summed E-state index contributed by atoms with van der Waals surface area (Å²) in [6, 6.07) is 13.5. The Balaban J connectivity index is 1.27. The fraction of sp³-hybridized carbons (Fsp3) is 0.355. The van der Waals surface area contributed by atoms with Crippen molar-refractivity contribution < 1.29 is 22.7 Å². The van der Waals surface area contributed by atoms with E-state index < -0.39 is 26.9 Å². The lowest BCUT2D eigenvalue weighted by atomic mass is 9.90. The van der Waals surface area contributed by atoms with Crippen molar-refractivity contribution in [3.05, 3.63) is 82.0 Å². The molecule has 1 saturated carbocycles. The molecule has 0 saturated heterocycles. The first kappa shape index (κ1) is 27.1. The number of amidine groups is 1. The van der Waals surface area contributed by atoms with E-state index in [1.165, 1.54) is 11.1 Å². The Labute approximate surface area is 239 Å². The number of rotatable bonds is 3. The molecule has 10 heteroatoms. The minimum atomic E-state index is -3.35. The van der Waals surface area contributed by atoms with E-state index in [-0.39, 0.29) is 16.7 Å². The molecule has 3 aliphatic rings. The molecule has 9 nitrogen and oxygen atoms in total. The summed E-state index contributed by atoms with van der Waals surface area (Å²) >= 11 is 0. The summed E-state index contributed by atoms with van der Waals surface area (Å²) in [6.07, 6.45) is 2.46. The molecule has 2 aromatic carbocycles. The highest BCUT2D eigenvalue weighted by molar-refractivity contribution is 7.90. The zero-order valence-electron chi connectivity index (χ0n) is 23.9. The number of sulfone groups is 1. The lowest BCUT2D eigenvalue weighted by Crippen LogP contribution is -2.41. The number of benzene rings is 2. The molecule has 2 aliphatic heterocycles. The molecule has 3 aromatic rings. The van der Waals surface area contributed by atoms with E-state index in [2.05, 4.69) is 21.4 Å². The Hall–Kier alpha value is -4.05. The van der Waals surface area contributed by atoms with Crippen LogP contribution in [0, 0.1) is 13.8 Å². The number of nitrogens with zero attached hydrogens (tertiary/aromatic N) is 3. The van der Waals surface area contributed by atoms with Crippen LogP contribution in [0.25, 0.3) is 0 Å². The van der Waals surface area contributed by atoms with E-state index in [1.54, 1.807) is 33.8 Å². The van der Waals surface area contributed by atoms with Crippen molar-refractivity contribution in [1.29, 1.82) is 0 Å². The van der Waals surface area contributed by atoms with Crippen molar-refractivity contribution in [2.45, 2.75) is 69.4 Å². The molecule has 41 heavy (non-hydrogen) atoms. The Morgan fingerprint density at radius 3 is 2.56 bits per heavy atom. The standard InChI is InChI=1S/C31H32N4O5S/c1-17-7-10-25-23(11-17)31(28(36)35(25)29(37)40-30(3,4)5)14-24(31)19-8-9-22-20(13-19)15-32-27(22)34-26-18(2)12-21(16-33-26)41(6,38)39/h7-13,16,24H,14-15H2,1-6H3,(H,32,33,34)/t24-,31-/m0/s1. The van der Waals surface area contributed by atoms with Crippen LogP contribution in [-0.4, -0.2) is 43.1 Å². The zero-order chi connectivity index (χ0) is 29.5. The van der Waals surface area contributed by atoms with Crippen molar-refractivity contribution in [1.82, 2.24) is 4.98 Å². The molecule has 6 rings (SSSR count). The molecule has 0 unspecified atom stereocenters. The Morgan fingerprint density at radius 2 is 1.88 bits per heavy atom. The highest BCUT2D eigenvalue weighted by Crippen LogP contribution is 2.66. The van der Waals surface area contributed by atoms with Gasteiger partial charge in [0, 0.05) is 23.9 Å². The second-order valence-corrected chi connectivity index (χ2v) is 14.2. The lowest BCUT2D eigenvalue weighted by Gasteiger charge is -2.24. The molecule has 1 aromatic heterocycles. The molecule has 1 spiro atoms. The molecular weight excluding hydrogens is 540 g/mol. The summed E-state index contributed by atoms with van der Waals surface area (Å²) in [6.45, 7) is 9.62. The number of aryl methyl sites for hydroxylation is 2. The van der Waals surface area contributed by atoms with Gasteiger partial charge in [-0.25, -0.2) is 23.1 Å². The number of hydrogen-bond donors (Lipinski definition) is 1. The fourth-order valence-electron chi connectivity index (χ4n) is 5.86. The van der Waals surface area contributed by atoms with Gasteiger partial charge in [-0.1, -0.05) is 35.9 Å². The van der Waals surface area contributed by atoms with Gasteiger partial charge in [0.15, 0.2) is 9.84 Å². The molecule has 1 fully saturated rings. The minimum absolute atomic E-state index is 0.0715. The van der Waals surface area contributed by atoms with Gasteiger partial charge in [0.1, 0.15) is 17.3 Å². The molecule has 212 valence electrons. The quantitative estimate of drug-likeness (QED) is 0.459. The number of aromatic nitrogens is 1. The first-order valence-electron chi connectivity index (χ1n) is 13.5. The van der Waals surface area contributed by atoms with E-state index in [4.69, 9.17) is 4.74 Å². The number of fused-ring (bicyclic) bond motifs is 3. The highest BCUT2D eigenvalue weighted by atomic mass is 32.2. The molecular formula is C31H32N4O5S. The Morgan fingerprint density at radius 1 is 1.12 bits per heavy atom. The van der Waals surface area contributed by atoms with Crippen LogP contribution in [0.3, 0.4) is 0 Å². The van der Waals surface area contributed by atoms with Crippen LogP contribution < -0.4 is 10.2 Å². The average Bonchev–Trinajstić information content (AvgIpc) is 3.44. The number of amides is 2. The van der Waals surface area contributed by atoms with Gasteiger partial charge in [-0.2, -0.15) is 0 Å². The number of carbonyl (C=O) groups excluding carboxylic acids is 2. The first-order chi connectivity index (χ1) is 19.2. The number of hydrogen-bond acceptors (Lipinski definition) is 8. The van der Waals surface area contributed by atoms with Crippen LogP contribution in [-0.2, 0) is 31.3 Å². The van der Waals surface area contributed by atoms with Crippen LogP contribution in [0.5, 0.6) is 0 Å². The maximum absolute atomic E-state index is 13.9. The van der Waals surface area contributed by atoms with E-state index in [9.17, 15) is 18.0 Å². The summed E-state index contributed by atoms with van der Waals surface area (Å²) < 4.78 is 29.3. The molecule has 2 atom stereocenters. The third-order valence-electron chi connectivity index (χ3n) is 7.91. The number of aliphatic imine (C=N–C) groups is 1. The van der Waals surface area contributed by atoms with Crippen LogP contribution in [0.4, 0.5) is 16.3 Å². The average molecular weight is 573 g/mol. The molecule has 1 aliphatic carbocycles. The summed E-state index contributed by atoms with van der Waals surface area (Å²) in [5.74, 6) is 0.891. The SMILES string of the molecule is Cc1ccc2c(c1)[C@]1(C[C@H]1c1ccc3c(c1)CN=C3Nc1ncc(S(C)(=O)=O)cc1C)C(=O)N2C(=O)OC(C)(C)C. The maximum Gasteiger partial charge on any atom is 0.421 e. The van der Waals surface area contributed by atoms with Crippen LogP contribution >= 0.6 is 0 Å². The van der Waals surface area contributed by atoms with Crippen molar-refractivity contribution >= 4 is 39.2 Å². The minimum Gasteiger partial charge on any atom is -0.443 e. The second kappa shape index (κ2) is 8.97. The smallest absolute Gasteiger partial charge is 0.421 e. The topological polar surface area (TPSA) is 118 Å². The van der Waals surface area contributed by atoms with Gasteiger partial charge in [-0.05, 0) is 75.4 Å². The van der Waals surface area contributed by atoms with Crippen molar-refractivity contribution in [2.75, 3.05) is 16.5 Å². The predicted octanol–water partition coefficient (Wildman–Crippen LogP) is 5.18. The van der Waals surface area contributed by atoms with E-state index in [1.807, 2.05) is 37.3 Å². The van der Waals surface area contributed by atoms with Crippen molar-refractivity contribution in [3.8, 4) is 0 Å². The van der Waals surface area contributed by atoms with Crippen molar-refractivity contribution in [2.24, 2.45) is 4.99 Å². The van der Waals surface area contributed by atoms with Crippen LogP contribution in [0.1, 0.15) is 66.5 Å². The van der Waals surface area contributed by atoms with Crippen LogP contribution in [0.15, 0.2) is 58.5 Å². The van der Waals surface area contributed by atoms with E-state index in [0.29, 0.717) is 35.9 Å². The third kappa shape index (κ3) is 4.50. The fourth-order valence-corrected chi connectivity index (χ4v) is 6.49. The molecule has 0 radical (unpaired) electrons. The van der Waals surface area contributed by atoms with Gasteiger partial charge in [0.05, 0.1) is 22.5 Å². The predicted molar refractivity (Wildman–Crippen MR) is 156 cm³/mol. The summed E-state index contributed by atoms with van der Waals surface area (Å²) in [4.78, 5) is 37.4. The van der Waals surface area contributed by atoms with Gasteiger partial charge < -0.3 is 10.1 Å². The Bertz CT molecular complexity index is 1790. The van der Waals surface area contributed by atoms with Gasteiger partial charge in [0.25, 0.3) is 0 Å². The summed E-state index contributed by atoms with van der Waals surface area (Å²) in [5.41, 5.74) is 4.65. The van der Waals surface area contributed by atoms with Gasteiger partial charge >= 0.3 is 6.09 Å². The number of imide groups is 1. The van der Waals surface area contributed by atoms with Crippen LogP contribution in [0.2, 0.25) is 0 Å². The molecule has 1 N–H and O–H groups in total. The van der Waals surface area contributed by atoms with E-state index in [0.717, 1.165) is 34.1 Å².